The summed E-state index contributed by atoms with van der Waals surface area (Å²) < 4.78 is 30.6. The van der Waals surface area contributed by atoms with Crippen LogP contribution < -0.4 is 14.4 Å². The number of nitrogens with zero attached hydrogens (tertiary/aromatic N) is 1. The van der Waals surface area contributed by atoms with Crippen LogP contribution in [-0.2, 0) is 14.8 Å². The quantitative estimate of drug-likeness (QED) is 0.866. The van der Waals surface area contributed by atoms with Crippen LogP contribution in [0.15, 0.2) is 48.5 Å². The lowest BCUT2D eigenvalue weighted by molar-refractivity contribution is -0.115. The number of benzene rings is 2. The Morgan fingerprint density at radius 2 is 1.96 bits per heavy atom. The van der Waals surface area contributed by atoms with Crippen LogP contribution in [0.1, 0.15) is 10.9 Å². The minimum atomic E-state index is -3.36. The van der Waals surface area contributed by atoms with E-state index in [2.05, 4.69) is 4.72 Å². The minimum Gasteiger partial charge on any atom is -0.497 e. The van der Waals surface area contributed by atoms with Crippen molar-refractivity contribution in [2.45, 2.75) is 5.37 Å². The maximum atomic E-state index is 12.4. The topological polar surface area (TPSA) is 75.7 Å². The SMILES string of the molecule is COc1cccc(N2C(=O)CS[C@@H]2c2cccc(NS(C)(=O)=O)c2)c1. The molecule has 0 aliphatic carbocycles. The number of thioether (sulfide) groups is 1. The molecule has 1 saturated heterocycles. The molecule has 0 bridgehead atoms. The third kappa shape index (κ3) is 4.08. The van der Waals surface area contributed by atoms with Crippen LogP contribution >= 0.6 is 11.8 Å². The molecule has 1 heterocycles. The maximum absolute atomic E-state index is 12.4. The second-order valence-electron chi connectivity index (χ2n) is 5.63. The second-order valence-corrected chi connectivity index (χ2v) is 8.45. The first-order valence-corrected chi connectivity index (χ1v) is 10.5. The lowest BCUT2D eigenvalue weighted by Crippen LogP contribution is -2.27. The molecule has 0 spiro atoms. The van der Waals surface area contributed by atoms with E-state index >= 15 is 0 Å². The van der Waals surface area contributed by atoms with Gasteiger partial charge in [-0.15, -0.1) is 11.8 Å². The Labute approximate surface area is 151 Å². The number of sulfonamides is 1. The predicted molar refractivity (Wildman–Crippen MR) is 101 cm³/mol. The van der Waals surface area contributed by atoms with E-state index in [1.807, 2.05) is 30.3 Å². The predicted octanol–water partition coefficient (Wildman–Crippen LogP) is 2.85. The smallest absolute Gasteiger partial charge is 0.238 e. The molecule has 6 nitrogen and oxygen atoms in total. The van der Waals surface area contributed by atoms with E-state index < -0.39 is 10.0 Å². The second kappa shape index (κ2) is 6.97. The molecule has 132 valence electrons. The zero-order valence-corrected chi connectivity index (χ0v) is 15.4. The summed E-state index contributed by atoms with van der Waals surface area (Å²) in [5.41, 5.74) is 2.08. The van der Waals surface area contributed by atoms with Gasteiger partial charge in [0.25, 0.3) is 0 Å². The van der Waals surface area contributed by atoms with E-state index in [-0.39, 0.29) is 11.3 Å². The molecule has 8 heteroatoms. The van der Waals surface area contributed by atoms with Gasteiger partial charge in [0, 0.05) is 17.4 Å². The van der Waals surface area contributed by atoms with Gasteiger partial charge in [0.2, 0.25) is 15.9 Å². The number of hydrogen-bond donors (Lipinski definition) is 1. The molecule has 1 N–H and O–H groups in total. The highest BCUT2D eigenvalue weighted by Crippen LogP contribution is 2.42. The van der Waals surface area contributed by atoms with Crippen molar-refractivity contribution in [2.75, 3.05) is 28.7 Å². The van der Waals surface area contributed by atoms with E-state index in [0.717, 1.165) is 17.5 Å². The van der Waals surface area contributed by atoms with E-state index in [9.17, 15) is 13.2 Å². The van der Waals surface area contributed by atoms with Crippen LogP contribution in [0.3, 0.4) is 0 Å². The Hall–Kier alpha value is -2.19. The summed E-state index contributed by atoms with van der Waals surface area (Å²) in [4.78, 5) is 14.1. The average Bonchev–Trinajstić information content (AvgIpc) is 2.95. The number of ether oxygens (including phenoxy) is 1. The molecule has 25 heavy (non-hydrogen) atoms. The third-order valence-electron chi connectivity index (χ3n) is 3.67. The van der Waals surface area contributed by atoms with Crippen LogP contribution in [0.4, 0.5) is 11.4 Å². The van der Waals surface area contributed by atoms with Crippen LogP contribution in [0.5, 0.6) is 5.75 Å². The first kappa shape index (κ1) is 17.6. The largest absolute Gasteiger partial charge is 0.497 e. The van der Waals surface area contributed by atoms with Gasteiger partial charge in [-0.25, -0.2) is 8.42 Å². The van der Waals surface area contributed by atoms with E-state index in [0.29, 0.717) is 17.2 Å². The first-order chi connectivity index (χ1) is 11.9. The Morgan fingerprint density at radius 3 is 2.68 bits per heavy atom. The zero-order valence-electron chi connectivity index (χ0n) is 13.8. The standard InChI is InChI=1S/C17H18N2O4S2/c1-23-15-8-4-7-14(10-15)19-16(20)11-24-17(19)12-5-3-6-13(9-12)18-25(2,21)22/h3-10,17-18H,11H2,1-2H3/t17-/m1/s1. The first-order valence-electron chi connectivity index (χ1n) is 7.53. The molecular formula is C17H18N2O4S2. The normalized spacial score (nSPS) is 17.6. The summed E-state index contributed by atoms with van der Waals surface area (Å²) >= 11 is 1.50. The Balaban J connectivity index is 1.95. The van der Waals surface area contributed by atoms with Gasteiger partial charge in [-0.2, -0.15) is 0 Å². The van der Waals surface area contributed by atoms with Crippen molar-refractivity contribution >= 4 is 39.1 Å². The monoisotopic (exact) mass is 378 g/mol. The molecule has 1 fully saturated rings. The fourth-order valence-electron chi connectivity index (χ4n) is 2.68. The molecule has 3 rings (SSSR count). The van der Waals surface area contributed by atoms with Gasteiger partial charge >= 0.3 is 0 Å². The molecule has 1 atom stereocenters. The van der Waals surface area contributed by atoms with Gasteiger partial charge in [0.05, 0.1) is 19.1 Å². The van der Waals surface area contributed by atoms with Crippen LogP contribution in [-0.4, -0.2) is 33.4 Å². The highest BCUT2D eigenvalue weighted by Gasteiger charge is 2.34. The number of carbonyl (C=O) groups excluding carboxylic acids is 1. The number of anilines is 2. The molecule has 1 aliphatic rings. The molecule has 0 saturated carbocycles. The third-order valence-corrected chi connectivity index (χ3v) is 5.49. The van der Waals surface area contributed by atoms with Crippen LogP contribution in [0, 0.1) is 0 Å². The molecule has 0 unspecified atom stereocenters. The van der Waals surface area contributed by atoms with Crippen LogP contribution in [0.25, 0.3) is 0 Å². The van der Waals surface area contributed by atoms with Crippen molar-refractivity contribution in [1.29, 1.82) is 0 Å². The minimum absolute atomic E-state index is 0.00438. The van der Waals surface area contributed by atoms with E-state index in [4.69, 9.17) is 4.74 Å². The number of rotatable bonds is 5. The molecule has 1 amide bonds. The molecule has 2 aromatic carbocycles. The number of carbonyl (C=O) groups is 1. The number of methoxy groups -OCH3 is 1. The highest BCUT2D eigenvalue weighted by atomic mass is 32.2. The number of hydrogen-bond acceptors (Lipinski definition) is 5. The lowest BCUT2D eigenvalue weighted by atomic mass is 10.1. The number of amides is 1. The van der Waals surface area contributed by atoms with Crippen molar-refractivity contribution in [2.24, 2.45) is 0 Å². The van der Waals surface area contributed by atoms with Gasteiger partial charge in [0.15, 0.2) is 0 Å². The Morgan fingerprint density at radius 1 is 1.20 bits per heavy atom. The maximum Gasteiger partial charge on any atom is 0.238 e. The van der Waals surface area contributed by atoms with Crippen LogP contribution in [0.2, 0.25) is 0 Å². The summed E-state index contributed by atoms with van der Waals surface area (Å²) in [6, 6.07) is 14.4. The summed E-state index contributed by atoms with van der Waals surface area (Å²) in [5, 5.41) is -0.221. The van der Waals surface area contributed by atoms with Gasteiger partial charge in [-0.1, -0.05) is 18.2 Å². The molecular weight excluding hydrogens is 360 g/mol. The van der Waals surface area contributed by atoms with Gasteiger partial charge in [-0.05, 0) is 29.8 Å². The van der Waals surface area contributed by atoms with Gasteiger partial charge in [0.1, 0.15) is 11.1 Å². The Bertz CT molecular complexity index is 899. The summed E-state index contributed by atoms with van der Waals surface area (Å²) in [5.74, 6) is 1.05. The fourth-order valence-corrected chi connectivity index (χ4v) is 4.40. The molecule has 0 aromatic heterocycles. The summed E-state index contributed by atoms with van der Waals surface area (Å²) in [6.45, 7) is 0. The lowest BCUT2D eigenvalue weighted by Gasteiger charge is -2.25. The van der Waals surface area contributed by atoms with Crippen molar-refractivity contribution in [1.82, 2.24) is 0 Å². The molecule has 2 aromatic rings. The fraction of sp³-hybridized carbons (Fsp3) is 0.235. The average molecular weight is 378 g/mol. The zero-order chi connectivity index (χ0) is 18.0. The van der Waals surface area contributed by atoms with Gasteiger partial charge < -0.3 is 4.74 Å². The van der Waals surface area contributed by atoms with Crippen molar-refractivity contribution in [3.63, 3.8) is 0 Å². The van der Waals surface area contributed by atoms with Crippen molar-refractivity contribution in [3.8, 4) is 5.75 Å². The number of nitrogens with one attached hydrogen (secondary N) is 1. The Kier molecular flexibility index (Phi) is 4.91. The highest BCUT2D eigenvalue weighted by molar-refractivity contribution is 8.00. The molecule has 0 radical (unpaired) electrons. The van der Waals surface area contributed by atoms with E-state index in [1.165, 1.54) is 11.8 Å². The summed E-state index contributed by atoms with van der Waals surface area (Å²) in [7, 11) is -1.78. The van der Waals surface area contributed by atoms with Crippen molar-refractivity contribution < 1.29 is 17.9 Å². The van der Waals surface area contributed by atoms with Gasteiger partial charge in [-0.3, -0.25) is 14.4 Å². The van der Waals surface area contributed by atoms with E-state index in [1.54, 1.807) is 30.2 Å². The molecule has 1 aliphatic heterocycles. The van der Waals surface area contributed by atoms with Crippen molar-refractivity contribution in [3.05, 3.63) is 54.1 Å². The summed E-state index contributed by atoms with van der Waals surface area (Å²) in [6.07, 6.45) is 1.11.